The molecule has 1 fully saturated rings. The van der Waals surface area contributed by atoms with Crippen molar-refractivity contribution in [2.45, 2.75) is 72.1 Å². The Labute approximate surface area is 199 Å². The molecule has 0 saturated carbocycles. The Morgan fingerprint density at radius 1 is 1.28 bits per heavy atom. The fraction of sp³-hybridized carbons (Fsp3) is 0.640. The number of nitrogens with one attached hydrogen (secondary N) is 1. The van der Waals surface area contributed by atoms with Gasteiger partial charge in [0.15, 0.2) is 0 Å². The molecule has 182 valence electrons. The Balaban J connectivity index is 0.00000227. The number of amides is 2. The molecule has 4 unspecified atom stereocenters. The molecule has 0 bridgehead atoms. The highest BCUT2D eigenvalue weighted by Crippen LogP contribution is 2.25. The second kappa shape index (κ2) is 17.7. The molecular weight excluding hydrogens is 422 g/mol. The van der Waals surface area contributed by atoms with Crippen LogP contribution in [0.2, 0.25) is 0 Å². The molecule has 1 aliphatic rings. The third-order valence-electron chi connectivity index (χ3n) is 5.36. The van der Waals surface area contributed by atoms with Gasteiger partial charge in [0.25, 0.3) is 0 Å². The number of carbonyl (C=O) groups is 2. The molecule has 1 N–H and O–H groups in total. The molecule has 7 heteroatoms. The minimum Gasteiger partial charge on any atom is -0.378 e. The van der Waals surface area contributed by atoms with Crippen molar-refractivity contribution in [1.82, 2.24) is 10.2 Å². The summed E-state index contributed by atoms with van der Waals surface area (Å²) >= 11 is 1.54. The highest BCUT2D eigenvalue weighted by molar-refractivity contribution is 8.13. The van der Waals surface area contributed by atoms with Crippen LogP contribution in [0, 0.1) is 5.92 Å². The van der Waals surface area contributed by atoms with Crippen molar-refractivity contribution < 1.29 is 14.3 Å². The monoisotopic (exact) mass is 465 g/mol. The van der Waals surface area contributed by atoms with Gasteiger partial charge in [0.1, 0.15) is 0 Å². The summed E-state index contributed by atoms with van der Waals surface area (Å²) in [4.78, 5) is 30.5. The number of aliphatic imine (C=N–C) groups is 1. The first-order valence-corrected chi connectivity index (χ1v) is 12.9. The Morgan fingerprint density at radius 3 is 2.41 bits per heavy atom. The molecule has 4 atom stereocenters. The van der Waals surface area contributed by atoms with Crippen molar-refractivity contribution in [2.24, 2.45) is 10.9 Å². The van der Waals surface area contributed by atoms with Crippen LogP contribution in [0.15, 0.2) is 35.3 Å². The lowest BCUT2D eigenvalue weighted by Gasteiger charge is -2.32. The molecule has 1 aromatic rings. The molecule has 6 nitrogen and oxygen atoms in total. The molecule has 0 radical (unpaired) electrons. The van der Waals surface area contributed by atoms with E-state index in [1.807, 2.05) is 59.1 Å². The van der Waals surface area contributed by atoms with Gasteiger partial charge >= 0.3 is 0 Å². The average molecular weight is 466 g/mol. The van der Waals surface area contributed by atoms with Crippen molar-refractivity contribution >= 4 is 29.1 Å². The summed E-state index contributed by atoms with van der Waals surface area (Å²) in [6.45, 7) is 10.6. The van der Waals surface area contributed by atoms with Crippen molar-refractivity contribution in [2.75, 3.05) is 27.0 Å². The van der Waals surface area contributed by atoms with E-state index in [2.05, 4.69) is 22.4 Å². The Morgan fingerprint density at radius 2 is 1.91 bits per heavy atom. The van der Waals surface area contributed by atoms with Gasteiger partial charge < -0.3 is 15.0 Å². The second-order valence-corrected chi connectivity index (χ2v) is 7.89. The Bertz CT molecular complexity index is 670. The van der Waals surface area contributed by atoms with Crippen LogP contribution in [0.3, 0.4) is 0 Å². The SMILES string of the molecule is CC.CC.CN=C(SC)C(Cc1ccccc1)NC(=O)C(C)C(OC)C1CCCN1C=O. The van der Waals surface area contributed by atoms with Crippen LogP contribution >= 0.6 is 11.8 Å². The maximum absolute atomic E-state index is 13.1. The Kier molecular flexibility index (Phi) is 16.6. The van der Waals surface area contributed by atoms with Crippen LogP contribution in [-0.2, 0) is 20.7 Å². The number of hydrogen-bond acceptors (Lipinski definition) is 5. The first-order valence-electron chi connectivity index (χ1n) is 11.6. The molecule has 0 spiro atoms. The number of ether oxygens (including phenoxy) is 1. The van der Waals surface area contributed by atoms with Crippen LogP contribution < -0.4 is 5.32 Å². The average Bonchev–Trinajstić information content (AvgIpc) is 3.32. The van der Waals surface area contributed by atoms with Gasteiger partial charge in [-0.3, -0.25) is 14.6 Å². The van der Waals surface area contributed by atoms with E-state index in [0.29, 0.717) is 6.42 Å². The number of methoxy groups -OCH3 is 1. The number of nitrogens with zero attached hydrogens (tertiary/aromatic N) is 2. The maximum Gasteiger partial charge on any atom is 0.226 e. The van der Waals surface area contributed by atoms with Gasteiger partial charge in [-0.05, 0) is 31.1 Å². The Hall–Kier alpha value is -1.86. The van der Waals surface area contributed by atoms with E-state index in [-0.39, 0.29) is 30.0 Å². The summed E-state index contributed by atoms with van der Waals surface area (Å²) < 4.78 is 5.67. The summed E-state index contributed by atoms with van der Waals surface area (Å²) in [6.07, 6.45) is 4.97. The number of hydrogen-bond donors (Lipinski definition) is 1. The number of thioether (sulfide) groups is 1. The van der Waals surface area contributed by atoms with Crippen LogP contribution in [0.5, 0.6) is 0 Å². The fourth-order valence-corrected chi connectivity index (χ4v) is 4.49. The van der Waals surface area contributed by atoms with E-state index in [0.717, 1.165) is 36.4 Å². The topological polar surface area (TPSA) is 71.0 Å². The zero-order valence-electron chi connectivity index (χ0n) is 21.1. The van der Waals surface area contributed by atoms with Crippen LogP contribution in [-0.4, -0.2) is 67.4 Å². The molecule has 0 aliphatic carbocycles. The molecule has 1 saturated heterocycles. The van der Waals surface area contributed by atoms with Crippen molar-refractivity contribution in [3.63, 3.8) is 0 Å². The molecule has 32 heavy (non-hydrogen) atoms. The molecule has 1 aromatic carbocycles. The number of likely N-dealkylation sites (tertiary alicyclic amines) is 1. The third kappa shape index (κ3) is 8.94. The molecule has 0 aromatic heterocycles. The minimum atomic E-state index is -0.381. The highest BCUT2D eigenvalue weighted by atomic mass is 32.2. The van der Waals surface area contributed by atoms with Crippen molar-refractivity contribution in [3.8, 4) is 0 Å². The van der Waals surface area contributed by atoms with Gasteiger partial charge in [-0.2, -0.15) is 0 Å². The predicted molar refractivity (Wildman–Crippen MR) is 137 cm³/mol. The van der Waals surface area contributed by atoms with Gasteiger partial charge in [0, 0.05) is 20.7 Å². The zero-order valence-corrected chi connectivity index (χ0v) is 21.9. The minimum absolute atomic E-state index is 0.0595. The van der Waals surface area contributed by atoms with E-state index in [9.17, 15) is 9.59 Å². The van der Waals surface area contributed by atoms with E-state index >= 15 is 0 Å². The summed E-state index contributed by atoms with van der Waals surface area (Å²) in [7, 11) is 3.36. The fourth-order valence-electron chi connectivity index (χ4n) is 3.88. The van der Waals surface area contributed by atoms with Crippen molar-refractivity contribution in [1.29, 1.82) is 0 Å². The standard InChI is InChI=1S/C21H31N3O3S.2C2H6/c1-15(19(27-3)18-11-8-12-24(18)14-25)20(26)23-17(21(22-2)28-4)13-16-9-6-5-7-10-16;2*1-2/h5-7,9-10,14-15,17-19H,8,11-13H2,1-4H3,(H,23,26);2*1-2H3. The van der Waals surface area contributed by atoms with E-state index in [4.69, 9.17) is 4.74 Å². The zero-order chi connectivity index (χ0) is 24.5. The first kappa shape index (κ1) is 30.1. The highest BCUT2D eigenvalue weighted by Gasteiger charge is 2.37. The summed E-state index contributed by atoms with van der Waals surface area (Å²) in [6, 6.07) is 9.81. The second-order valence-electron chi connectivity index (χ2n) is 7.06. The largest absolute Gasteiger partial charge is 0.378 e. The van der Waals surface area contributed by atoms with Crippen molar-refractivity contribution in [3.05, 3.63) is 35.9 Å². The lowest BCUT2D eigenvalue weighted by Crippen LogP contribution is -2.50. The first-order chi connectivity index (χ1) is 15.5. The summed E-state index contributed by atoms with van der Waals surface area (Å²) in [5, 5.41) is 4.04. The molecule has 1 heterocycles. The van der Waals surface area contributed by atoms with Gasteiger partial charge in [-0.1, -0.05) is 65.0 Å². The molecule has 2 amide bonds. The van der Waals surface area contributed by atoms with Gasteiger partial charge in [0.05, 0.1) is 29.1 Å². The van der Waals surface area contributed by atoms with Crippen LogP contribution in [0.25, 0.3) is 0 Å². The van der Waals surface area contributed by atoms with Gasteiger partial charge in [-0.15, -0.1) is 11.8 Å². The lowest BCUT2D eigenvalue weighted by molar-refractivity contribution is -0.133. The normalized spacial score (nSPS) is 18.3. The van der Waals surface area contributed by atoms with Crippen LogP contribution in [0.1, 0.15) is 53.0 Å². The van der Waals surface area contributed by atoms with E-state index in [1.54, 1.807) is 30.8 Å². The smallest absolute Gasteiger partial charge is 0.226 e. The predicted octanol–water partition coefficient (Wildman–Crippen LogP) is 4.43. The van der Waals surface area contributed by atoms with Gasteiger partial charge in [-0.25, -0.2) is 0 Å². The maximum atomic E-state index is 13.1. The van der Waals surface area contributed by atoms with Gasteiger partial charge in [0.2, 0.25) is 12.3 Å². The quantitative estimate of drug-likeness (QED) is 0.333. The third-order valence-corrected chi connectivity index (χ3v) is 6.25. The molecule has 2 rings (SSSR count). The lowest BCUT2D eigenvalue weighted by atomic mass is 9.94. The van der Waals surface area contributed by atoms with E-state index in [1.165, 1.54) is 0 Å². The van der Waals surface area contributed by atoms with Crippen LogP contribution in [0.4, 0.5) is 0 Å². The number of carbonyl (C=O) groups excluding carboxylic acids is 2. The molecule has 1 aliphatic heterocycles. The number of benzene rings is 1. The molecular formula is C25H43N3O3S. The number of rotatable bonds is 9. The summed E-state index contributed by atoms with van der Waals surface area (Å²) in [5.41, 5.74) is 1.14. The summed E-state index contributed by atoms with van der Waals surface area (Å²) in [5.74, 6) is -0.463. The van der Waals surface area contributed by atoms with E-state index < -0.39 is 0 Å².